The Morgan fingerprint density at radius 1 is 1.29 bits per heavy atom. The Labute approximate surface area is 149 Å². The van der Waals surface area contributed by atoms with Gasteiger partial charge in [-0.25, -0.2) is 0 Å². The van der Waals surface area contributed by atoms with E-state index in [1.807, 2.05) is 31.2 Å². The average Bonchev–Trinajstić information content (AvgIpc) is 2.55. The second kappa shape index (κ2) is 7.85. The van der Waals surface area contributed by atoms with Crippen molar-refractivity contribution in [2.75, 3.05) is 5.32 Å². The van der Waals surface area contributed by atoms with Gasteiger partial charge in [0.2, 0.25) is 0 Å². The van der Waals surface area contributed by atoms with Crippen LogP contribution in [0.1, 0.15) is 18.1 Å². The Balaban J connectivity index is 2.09. The van der Waals surface area contributed by atoms with Crippen molar-refractivity contribution < 1.29 is 4.92 Å². The molecule has 2 N–H and O–H groups in total. The van der Waals surface area contributed by atoms with E-state index in [1.54, 1.807) is 13.0 Å². The molecule has 0 saturated heterocycles. The summed E-state index contributed by atoms with van der Waals surface area (Å²) in [4.78, 5) is 10.4. The summed E-state index contributed by atoms with van der Waals surface area (Å²) in [6.45, 7) is 3.68. The van der Waals surface area contributed by atoms with Crippen LogP contribution in [0.25, 0.3) is 0 Å². The molecule has 8 heteroatoms. The van der Waals surface area contributed by atoms with Crippen LogP contribution in [-0.2, 0) is 0 Å². The molecule has 2 aromatic rings. The van der Waals surface area contributed by atoms with E-state index in [-0.39, 0.29) is 10.7 Å². The quantitative estimate of drug-likeness (QED) is 0.367. The SMILES string of the molecule is C/C(=N/NC(=S)Nc1ccccc1C)c1ccc(Cl)c([N+](=O)[O-])c1. The Morgan fingerprint density at radius 2 is 2.00 bits per heavy atom. The molecule has 0 aliphatic rings. The molecule has 0 spiro atoms. The van der Waals surface area contributed by atoms with E-state index < -0.39 is 4.92 Å². The number of nitro benzene ring substituents is 1. The first-order chi connectivity index (χ1) is 11.4. The first-order valence-electron chi connectivity index (χ1n) is 6.99. The van der Waals surface area contributed by atoms with Crippen LogP contribution in [0.5, 0.6) is 0 Å². The number of nitrogens with one attached hydrogen (secondary N) is 2. The summed E-state index contributed by atoms with van der Waals surface area (Å²) in [5.41, 5.74) is 5.62. The third-order valence-electron chi connectivity index (χ3n) is 3.28. The van der Waals surface area contributed by atoms with Crippen molar-refractivity contribution in [3.8, 4) is 0 Å². The smallest absolute Gasteiger partial charge is 0.288 e. The normalized spacial score (nSPS) is 11.0. The highest BCUT2D eigenvalue weighted by molar-refractivity contribution is 7.80. The van der Waals surface area contributed by atoms with Gasteiger partial charge in [0, 0.05) is 17.3 Å². The molecule has 2 aromatic carbocycles. The highest BCUT2D eigenvalue weighted by atomic mass is 35.5. The summed E-state index contributed by atoms with van der Waals surface area (Å²) in [5, 5.41) is 18.5. The maximum atomic E-state index is 10.9. The van der Waals surface area contributed by atoms with Crippen LogP contribution in [0.2, 0.25) is 5.02 Å². The van der Waals surface area contributed by atoms with Crippen LogP contribution < -0.4 is 10.7 Å². The minimum Gasteiger partial charge on any atom is -0.331 e. The van der Waals surface area contributed by atoms with Crippen LogP contribution in [0.15, 0.2) is 47.6 Å². The maximum absolute atomic E-state index is 10.9. The zero-order valence-electron chi connectivity index (χ0n) is 13.0. The van der Waals surface area contributed by atoms with Crippen molar-refractivity contribution in [3.63, 3.8) is 0 Å². The summed E-state index contributed by atoms with van der Waals surface area (Å²) in [6, 6.07) is 12.2. The Bertz CT molecular complexity index is 823. The highest BCUT2D eigenvalue weighted by Gasteiger charge is 2.13. The lowest BCUT2D eigenvalue weighted by Crippen LogP contribution is -2.25. The molecule has 0 unspecified atom stereocenters. The summed E-state index contributed by atoms with van der Waals surface area (Å²) >= 11 is 11.0. The fourth-order valence-corrected chi connectivity index (χ4v) is 2.28. The zero-order chi connectivity index (χ0) is 17.7. The van der Waals surface area contributed by atoms with Crippen LogP contribution >= 0.6 is 23.8 Å². The first kappa shape index (κ1) is 17.8. The second-order valence-corrected chi connectivity index (χ2v) is 5.82. The fraction of sp³-hybridized carbons (Fsp3) is 0.125. The number of halogens is 1. The molecule has 0 aliphatic heterocycles. The summed E-state index contributed by atoms with van der Waals surface area (Å²) in [6.07, 6.45) is 0. The predicted molar refractivity (Wildman–Crippen MR) is 101 cm³/mol. The van der Waals surface area contributed by atoms with Gasteiger partial charge in [-0.15, -0.1) is 0 Å². The van der Waals surface area contributed by atoms with Gasteiger partial charge < -0.3 is 5.32 Å². The van der Waals surface area contributed by atoms with E-state index in [1.165, 1.54) is 12.1 Å². The molecule has 0 atom stereocenters. The number of thiocarbonyl (C=S) groups is 1. The van der Waals surface area contributed by atoms with Crippen molar-refractivity contribution in [2.24, 2.45) is 5.10 Å². The summed E-state index contributed by atoms with van der Waals surface area (Å²) < 4.78 is 0. The molecule has 0 aliphatic carbocycles. The number of hydrogen-bond donors (Lipinski definition) is 2. The number of hydrogen-bond acceptors (Lipinski definition) is 4. The number of para-hydroxylation sites is 1. The molecule has 0 bridgehead atoms. The van der Waals surface area contributed by atoms with E-state index in [9.17, 15) is 10.1 Å². The molecule has 24 heavy (non-hydrogen) atoms. The Morgan fingerprint density at radius 3 is 2.67 bits per heavy atom. The third-order valence-corrected chi connectivity index (χ3v) is 3.79. The zero-order valence-corrected chi connectivity index (χ0v) is 14.6. The standard InChI is InChI=1S/C16H15ClN4O2S/c1-10-5-3-4-6-14(10)18-16(24)20-19-11(2)12-7-8-13(17)15(9-12)21(22)23/h3-9H,1-2H3,(H2,18,20,24)/b19-11-. The number of aryl methyl sites for hydroxylation is 1. The van der Waals surface area contributed by atoms with Gasteiger partial charge in [-0.2, -0.15) is 5.10 Å². The predicted octanol–water partition coefficient (Wildman–Crippen LogP) is 4.27. The van der Waals surface area contributed by atoms with Gasteiger partial charge in [0.15, 0.2) is 5.11 Å². The lowest BCUT2D eigenvalue weighted by Gasteiger charge is -2.10. The molecule has 6 nitrogen and oxygen atoms in total. The molecule has 124 valence electrons. The van der Waals surface area contributed by atoms with Crippen molar-refractivity contribution >= 4 is 46.0 Å². The Hall–Kier alpha value is -2.51. The van der Waals surface area contributed by atoms with Crippen LogP contribution in [-0.4, -0.2) is 15.7 Å². The molecule has 0 aromatic heterocycles. The Kier molecular flexibility index (Phi) is 5.83. The van der Waals surface area contributed by atoms with Crippen molar-refractivity contribution in [1.29, 1.82) is 0 Å². The third kappa shape index (κ3) is 4.50. The minimum absolute atomic E-state index is 0.0845. The number of benzene rings is 2. The van der Waals surface area contributed by atoms with Crippen molar-refractivity contribution in [2.45, 2.75) is 13.8 Å². The molecular formula is C16H15ClN4O2S. The van der Waals surface area contributed by atoms with Crippen LogP contribution in [0.3, 0.4) is 0 Å². The van der Waals surface area contributed by atoms with Crippen LogP contribution in [0, 0.1) is 17.0 Å². The van der Waals surface area contributed by atoms with E-state index in [4.69, 9.17) is 23.8 Å². The fourth-order valence-electron chi connectivity index (χ4n) is 1.94. The summed E-state index contributed by atoms with van der Waals surface area (Å²) in [7, 11) is 0. The molecule has 0 fully saturated rings. The lowest BCUT2D eigenvalue weighted by atomic mass is 10.1. The number of rotatable bonds is 4. The molecule has 0 heterocycles. The van der Waals surface area contributed by atoms with Gasteiger partial charge in [0.1, 0.15) is 5.02 Å². The molecule has 0 radical (unpaired) electrons. The lowest BCUT2D eigenvalue weighted by molar-refractivity contribution is -0.384. The largest absolute Gasteiger partial charge is 0.331 e. The number of hydrazone groups is 1. The number of nitro groups is 1. The van der Waals surface area contributed by atoms with Gasteiger partial charge in [-0.3, -0.25) is 15.5 Å². The van der Waals surface area contributed by atoms with Crippen molar-refractivity contribution in [3.05, 3.63) is 68.7 Å². The second-order valence-electron chi connectivity index (χ2n) is 5.00. The first-order valence-corrected chi connectivity index (χ1v) is 7.78. The van der Waals surface area contributed by atoms with Gasteiger partial charge in [0.05, 0.1) is 10.6 Å². The summed E-state index contributed by atoms with van der Waals surface area (Å²) in [5.74, 6) is 0. The van der Waals surface area contributed by atoms with Gasteiger partial charge in [0.25, 0.3) is 5.69 Å². The molecular weight excluding hydrogens is 348 g/mol. The topological polar surface area (TPSA) is 79.6 Å². The van der Waals surface area contributed by atoms with E-state index in [0.717, 1.165) is 11.3 Å². The van der Waals surface area contributed by atoms with Gasteiger partial charge >= 0.3 is 0 Å². The van der Waals surface area contributed by atoms with E-state index >= 15 is 0 Å². The van der Waals surface area contributed by atoms with Gasteiger partial charge in [-0.1, -0.05) is 35.9 Å². The number of nitrogens with zero attached hydrogens (tertiary/aromatic N) is 2. The van der Waals surface area contributed by atoms with E-state index in [0.29, 0.717) is 16.4 Å². The monoisotopic (exact) mass is 362 g/mol. The average molecular weight is 363 g/mol. The van der Waals surface area contributed by atoms with Crippen LogP contribution in [0.4, 0.5) is 11.4 Å². The molecule has 0 amide bonds. The van der Waals surface area contributed by atoms with E-state index in [2.05, 4.69) is 15.8 Å². The highest BCUT2D eigenvalue weighted by Crippen LogP contribution is 2.25. The van der Waals surface area contributed by atoms with Crippen molar-refractivity contribution in [1.82, 2.24) is 5.43 Å². The van der Waals surface area contributed by atoms with Gasteiger partial charge in [-0.05, 0) is 43.8 Å². The number of anilines is 1. The molecule has 2 rings (SSSR count). The minimum atomic E-state index is -0.531. The maximum Gasteiger partial charge on any atom is 0.288 e. The molecule has 0 saturated carbocycles.